The maximum atomic E-state index is 10.5. The zero-order valence-corrected chi connectivity index (χ0v) is 12.4. The van der Waals surface area contributed by atoms with E-state index in [0.29, 0.717) is 17.6 Å². The molecule has 1 aromatic rings. The van der Waals surface area contributed by atoms with Gasteiger partial charge >= 0.3 is 0 Å². The molecule has 0 aromatic heterocycles. The van der Waals surface area contributed by atoms with Crippen molar-refractivity contribution in [2.24, 2.45) is 5.92 Å². The monoisotopic (exact) mass is 270 g/mol. The first kappa shape index (κ1) is 13.3. The van der Waals surface area contributed by atoms with Crippen molar-refractivity contribution in [2.45, 2.75) is 45.4 Å². The van der Waals surface area contributed by atoms with E-state index in [2.05, 4.69) is 39.5 Å². The fourth-order valence-electron chi connectivity index (χ4n) is 3.32. The number of phenolic OH excluding ortho intramolecular Hbond substituents is 1. The molecule has 106 valence electrons. The smallest absolute Gasteiger partial charge is 0.134 e. The van der Waals surface area contributed by atoms with E-state index in [0.717, 1.165) is 35.5 Å². The van der Waals surface area contributed by atoms with Gasteiger partial charge in [-0.25, -0.2) is 0 Å². The van der Waals surface area contributed by atoms with E-state index in [-0.39, 0.29) is 5.92 Å². The number of hydrogen-bond acceptors (Lipinski definition) is 2. The van der Waals surface area contributed by atoms with Crippen LogP contribution in [-0.2, 0) is 0 Å². The molecule has 1 heterocycles. The highest BCUT2D eigenvalue weighted by Crippen LogP contribution is 2.51. The molecule has 0 amide bonds. The van der Waals surface area contributed by atoms with Crippen molar-refractivity contribution in [3.05, 3.63) is 47.2 Å². The molecular weight excluding hydrogens is 248 g/mol. The third kappa shape index (κ3) is 2.04. The minimum absolute atomic E-state index is 0.209. The van der Waals surface area contributed by atoms with Gasteiger partial charge in [0.05, 0.1) is 0 Å². The number of fused-ring (bicyclic) bond motifs is 3. The minimum atomic E-state index is 0.209. The number of allylic oxidation sites excluding steroid dienone is 3. The summed E-state index contributed by atoms with van der Waals surface area (Å²) in [7, 11) is 0. The molecule has 3 rings (SSSR count). The van der Waals surface area contributed by atoms with Crippen LogP contribution in [-0.4, -0.2) is 5.11 Å². The summed E-state index contributed by atoms with van der Waals surface area (Å²) in [6.45, 7) is 10.5. The summed E-state index contributed by atoms with van der Waals surface area (Å²) in [5.41, 5.74) is 3.43. The topological polar surface area (TPSA) is 29.5 Å². The van der Waals surface area contributed by atoms with E-state index in [1.54, 1.807) is 0 Å². The average molecular weight is 270 g/mol. The van der Waals surface area contributed by atoms with Gasteiger partial charge in [0, 0.05) is 17.4 Å². The number of aromatic hydroxyl groups is 1. The van der Waals surface area contributed by atoms with Crippen molar-refractivity contribution in [3.63, 3.8) is 0 Å². The Balaban J connectivity index is 2.16. The maximum absolute atomic E-state index is 10.5. The van der Waals surface area contributed by atoms with Gasteiger partial charge < -0.3 is 9.84 Å². The number of hydrogen-bond donors (Lipinski definition) is 1. The van der Waals surface area contributed by atoms with Gasteiger partial charge in [0.25, 0.3) is 0 Å². The molecule has 0 radical (unpaired) electrons. The molecule has 1 N–H and O–H groups in total. The Labute approximate surface area is 120 Å². The van der Waals surface area contributed by atoms with Crippen LogP contribution in [0.15, 0.2) is 36.1 Å². The second kappa shape index (κ2) is 4.69. The molecule has 0 bridgehead atoms. The second-order valence-electron chi connectivity index (χ2n) is 6.36. The van der Waals surface area contributed by atoms with Crippen molar-refractivity contribution in [1.29, 1.82) is 0 Å². The molecule has 2 nitrogen and oxygen atoms in total. The lowest BCUT2D eigenvalue weighted by Gasteiger charge is -2.37. The van der Waals surface area contributed by atoms with Crippen LogP contribution in [0.4, 0.5) is 0 Å². The summed E-state index contributed by atoms with van der Waals surface area (Å²) < 4.78 is 5.92. The third-order valence-corrected chi connectivity index (χ3v) is 4.54. The van der Waals surface area contributed by atoms with Crippen LogP contribution < -0.4 is 4.74 Å². The Morgan fingerprint density at radius 2 is 2.10 bits per heavy atom. The van der Waals surface area contributed by atoms with Crippen LogP contribution in [0.1, 0.15) is 56.6 Å². The fourth-order valence-corrected chi connectivity index (χ4v) is 3.32. The second-order valence-corrected chi connectivity index (χ2v) is 6.36. The van der Waals surface area contributed by atoms with Crippen LogP contribution >= 0.6 is 0 Å². The van der Waals surface area contributed by atoms with Crippen molar-refractivity contribution < 1.29 is 9.84 Å². The van der Waals surface area contributed by atoms with E-state index in [1.165, 1.54) is 5.57 Å². The van der Waals surface area contributed by atoms with Crippen molar-refractivity contribution in [3.8, 4) is 11.5 Å². The lowest BCUT2D eigenvalue weighted by Crippen LogP contribution is -2.25. The van der Waals surface area contributed by atoms with Crippen LogP contribution in [0.25, 0.3) is 0 Å². The highest BCUT2D eigenvalue weighted by atomic mass is 16.5. The Bertz CT molecular complexity index is 596. The van der Waals surface area contributed by atoms with Crippen LogP contribution in [0.3, 0.4) is 0 Å². The maximum Gasteiger partial charge on any atom is 0.134 e. The first-order valence-corrected chi connectivity index (χ1v) is 7.38. The van der Waals surface area contributed by atoms with Crippen molar-refractivity contribution in [2.75, 3.05) is 0 Å². The predicted octanol–water partition coefficient (Wildman–Crippen LogP) is 4.86. The van der Waals surface area contributed by atoms with Gasteiger partial charge in [-0.15, -0.1) is 0 Å². The molecule has 1 aliphatic heterocycles. The summed E-state index contributed by atoms with van der Waals surface area (Å²) in [6, 6.07) is 3.94. The third-order valence-electron chi connectivity index (χ3n) is 4.54. The van der Waals surface area contributed by atoms with E-state index < -0.39 is 0 Å². The van der Waals surface area contributed by atoms with Gasteiger partial charge in [-0.2, -0.15) is 0 Å². The average Bonchev–Trinajstić information content (AvgIpc) is 2.37. The van der Waals surface area contributed by atoms with Gasteiger partial charge in [-0.1, -0.05) is 32.1 Å². The Morgan fingerprint density at radius 3 is 2.80 bits per heavy atom. The number of rotatable bonds is 1. The minimum Gasteiger partial charge on any atom is -0.507 e. The number of ether oxygens (including phenoxy) is 1. The highest BCUT2D eigenvalue weighted by molar-refractivity contribution is 5.55. The predicted molar refractivity (Wildman–Crippen MR) is 81.2 cm³/mol. The van der Waals surface area contributed by atoms with Crippen LogP contribution in [0, 0.1) is 5.92 Å². The number of phenols is 1. The molecule has 0 spiro atoms. The summed E-state index contributed by atoms with van der Waals surface area (Å²) in [6.07, 6.45) is 4.41. The van der Waals surface area contributed by atoms with Gasteiger partial charge in [0.1, 0.15) is 17.3 Å². The molecule has 1 aliphatic carbocycles. The quantitative estimate of drug-likeness (QED) is 0.738. The normalized spacial score (nSPS) is 24.8. The van der Waals surface area contributed by atoms with Gasteiger partial charge in [-0.05, 0) is 43.4 Å². The van der Waals surface area contributed by atoms with E-state index >= 15 is 0 Å². The standard InChI is InChI=1S/C18H22O2/c1-10(2)13-8-16(19)18-15-7-11(3)5-6-14(15)12(4)20-17(18)9-13/h7-10,14-15,19H,4-6H2,1-3H3/t14-,15?/m0/s1. The molecule has 2 heteroatoms. The van der Waals surface area contributed by atoms with Gasteiger partial charge in [-0.3, -0.25) is 0 Å². The lowest BCUT2D eigenvalue weighted by molar-refractivity contribution is 0.274. The Morgan fingerprint density at radius 1 is 1.35 bits per heavy atom. The van der Waals surface area contributed by atoms with E-state index in [4.69, 9.17) is 4.74 Å². The molecule has 2 aliphatic rings. The zero-order chi connectivity index (χ0) is 14.4. The molecule has 0 saturated heterocycles. The molecule has 20 heavy (non-hydrogen) atoms. The SMILES string of the molecule is C=C1Oc2cc(C(C)C)cc(O)c2C2C=C(C)CC[C@@H]12. The first-order chi connectivity index (χ1) is 9.47. The van der Waals surface area contributed by atoms with Crippen LogP contribution in [0.5, 0.6) is 11.5 Å². The van der Waals surface area contributed by atoms with E-state index in [9.17, 15) is 5.11 Å². The lowest BCUT2D eigenvalue weighted by atomic mass is 9.74. The summed E-state index contributed by atoms with van der Waals surface area (Å²) in [5.74, 6) is 2.85. The van der Waals surface area contributed by atoms with Crippen LogP contribution in [0.2, 0.25) is 0 Å². The largest absolute Gasteiger partial charge is 0.507 e. The Hall–Kier alpha value is -1.70. The van der Waals surface area contributed by atoms with Gasteiger partial charge in [0.15, 0.2) is 0 Å². The van der Waals surface area contributed by atoms with E-state index in [1.807, 2.05) is 6.07 Å². The highest BCUT2D eigenvalue weighted by Gasteiger charge is 2.36. The molecule has 1 unspecified atom stereocenters. The summed E-state index contributed by atoms with van der Waals surface area (Å²) in [4.78, 5) is 0. The summed E-state index contributed by atoms with van der Waals surface area (Å²) in [5, 5.41) is 10.5. The van der Waals surface area contributed by atoms with Gasteiger partial charge in [0.2, 0.25) is 0 Å². The Kier molecular flexibility index (Phi) is 3.12. The first-order valence-electron chi connectivity index (χ1n) is 7.38. The molecule has 0 saturated carbocycles. The summed E-state index contributed by atoms with van der Waals surface area (Å²) >= 11 is 0. The number of benzene rings is 1. The molecule has 2 atom stereocenters. The van der Waals surface area contributed by atoms with Crippen molar-refractivity contribution in [1.82, 2.24) is 0 Å². The molecular formula is C18H22O2. The molecule has 0 fully saturated rings. The van der Waals surface area contributed by atoms with Crippen molar-refractivity contribution >= 4 is 0 Å². The zero-order valence-electron chi connectivity index (χ0n) is 12.4. The molecule has 1 aromatic carbocycles. The fraction of sp³-hybridized carbons (Fsp3) is 0.444.